The minimum absolute atomic E-state index is 0.114. The molecule has 0 aliphatic heterocycles. The number of hydrogen-bond acceptors (Lipinski definition) is 5. The zero-order chi connectivity index (χ0) is 14.0. The number of carbonyl (C=O) groups excluding carboxylic acids is 1. The molecule has 0 saturated carbocycles. The van der Waals surface area contributed by atoms with Crippen LogP contribution in [0, 0.1) is 0 Å². The SMILES string of the molecule is CC(=O)SCC(O)C(O)c1ccc2[nH]c(=O)[nH]c2c1. The van der Waals surface area contributed by atoms with Crippen molar-refractivity contribution in [1.82, 2.24) is 9.97 Å². The minimum Gasteiger partial charge on any atom is -0.389 e. The van der Waals surface area contributed by atoms with Crippen molar-refractivity contribution in [3.05, 3.63) is 34.2 Å². The molecule has 7 heteroatoms. The van der Waals surface area contributed by atoms with E-state index in [2.05, 4.69) is 9.97 Å². The van der Waals surface area contributed by atoms with Crippen molar-refractivity contribution in [1.29, 1.82) is 0 Å². The van der Waals surface area contributed by atoms with E-state index in [0.717, 1.165) is 11.8 Å². The van der Waals surface area contributed by atoms with Crippen LogP contribution in [0.3, 0.4) is 0 Å². The summed E-state index contributed by atoms with van der Waals surface area (Å²) < 4.78 is 0. The molecule has 0 fully saturated rings. The fraction of sp³-hybridized carbons (Fsp3) is 0.333. The number of hydrogen-bond donors (Lipinski definition) is 4. The van der Waals surface area contributed by atoms with E-state index in [0.29, 0.717) is 16.6 Å². The second-order valence-electron chi connectivity index (χ2n) is 4.20. The zero-order valence-electron chi connectivity index (χ0n) is 10.2. The van der Waals surface area contributed by atoms with Gasteiger partial charge in [-0.25, -0.2) is 4.79 Å². The number of rotatable bonds is 4. The molecule has 2 rings (SSSR count). The molecule has 1 aromatic heterocycles. The molecule has 19 heavy (non-hydrogen) atoms. The van der Waals surface area contributed by atoms with Gasteiger partial charge in [-0.2, -0.15) is 0 Å². The van der Waals surface area contributed by atoms with Crippen LogP contribution >= 0.6 is 11.8 Å². The van der Waals surface area contributed by atoms with Crippen LogP contribution in [0.4, 0.5) is 0 Å². The number of H-pyrrole nitrogens is 2. The molecule has 0 aliphatic rings. The summed E-state index contributed by atoms with van der Waals surface area (Å²) in [5.74, 6) is 0.123. The first-order valence-electron chi connectivity index (χ1n) is 5.69. The third kappa shape index (κ3) is 3.25. The average Bonchev–Trinajstić information content (AvgIpc) is 2.73. The van der Waals surface area contributed by atoms with Crippen LogP contribution < -0.4 is 5.69 Å². The maximum atomic E-state index is 11.1. The molecular weight excluding hydrogens is 268 g/mol. The van der Waals surface area contributed by atoms with E-state index in [-0.39, 0.29) is 16.6 Å². The van der Waals surface area contributed by atoms with Crippen LogP contribution in [-0.2, 0) is 4.79 Å². The summed E-state index contributed by atoms with van der Waals surface area (Å²) >= 11 is 0.957. The Bertz CT molecular complexity index is 648. The standard InChI is InChI=1S/C12H14N2O4S/c1-6(15)19-5-10(16)11(17)7-2-3-8-9(4-7)14-12(18)13-8/h2-4,10-11,16-17H,5H2,1H3,(H2,13,14,18). The van der Waals surface area contributed by atoms with Crippen molar-refractivity contribution >= 4 is 27.9 Å². The van der Waals surface area contributed by atoms with Gasteiger partial charge in [0.05, 0.1) is 17.1 Å². The number of aliphatic hydroxyl groups is 2. The van der Waals surface area contributed by atoms with Gasteiger partial charge >= 0.3 is 5.69 Å². The highest BCUT2D eigenvalue weighted by atomic mass is 32.2. The van der Waals surface area contributed by atoms with E-state index in [9.17, 15) is 19.8 Å². The molecule has 0 saturated heterocycles. The van der Waals surface area contributed by atoms with E-state index >= 15 is 0 Å². The fourth-order valence-corrected chi connectivity index (χ4v) is 2.34. The Balaban J connectivity index is 2.18. The number of aliphatic hydroxyl groups excluding tert-OH is 2. The van der Waals surface area contributed by atoms with Gasteiger partial charge in [-0.1, -0.05) is 17.8 Å². The highest BCUT2D eigenvalue weighted by molar-refractivity contribution is 8.13. The molecule has 1 aromatic carbocycles. The summed E-state index contributed by atoms with van der Waals surface area (Å²) in [6.07, 6.45) is -2.15. The molecule has 0 spiro atoms. The van der Waals surface area contributed by atoms with Crippen LogP contribution in [0.25, 0.3) is 11.0 Å². The first-order valence-corrected chi connectivity index (χ1v) is 6.67. The normalized spacial score (nSPS) is 14.5. The Hall–Kier alpha value is -1.57. The Morgan fingerprint density at radius 2 is 2.00 bits per heavy atom. The number of carbonyl (C=O) groups is 1. The highest BCUT2D eigenvalue weighted by Crippen LogP contribution is 2.22. The maximum Gasteiger partial charge on any atom is 0.323 e. The number of thioether (sulfide) groups is 1. The van der Waals surface area contributed by atoms with Crippen LogP contribution in [-0.4, -0.2) is 37.2 Å². The van der Waals surface area contributed by atoms with Gasteiger partial charge in [0.1, 0.15) is 6.10 Å². The molecule has 4 N–H and O–H groups in total. The topological polar surface area (TPSA) is 106 Å². The van der Waals surface area contributed by atoms with Crippen LogP contribution in [0.1, 0.15) is 18.6 Å². The van der Waals surface area contributed by atoms with Crippen molar-refractivity contribution in [3.63, 3.8) is 0 Å². The zero-order valence-corrected chi connectivity index (χ0v) is 11.0. The predicted octanol–water partition coefficient (Wildman–Crippen LogP) is 0.530. The maximum absolute atomic E-state index is 11.1. The smallest absolute Gasteiger partial charge is 0.323 e. The van der Waals surface area contributed by atoms with Gasteiger partial charge in [-0.3, -0.25) is 4.79 Å². The molecule has 6 nitrogen and oxygen atoms in total. The van der Waals surface area contributed by atoms with Gasteiger partial charge < -0.3 is 20.2 Å². The number of imidazole rings is 1. The summed E-state index contributed by atoms with van der Waals surface area (Å²) in [6, 6.07) is 4.87. The molecule has 2 unspecified atom stereocenters. The van der Waals surface area contributed by atoms with E-state index < -0.39 is 12.2 Å². The van der Waals surface area contributed by atoms with Gasteiger partial charge in [0.25, 0.3) is 0 Å². The second-order valence-corrected chi connectivity index (χ2v) is 5.40. The van der Waals surface area contributed by atoms with Gasteiger partial charge in [-0.15, -0.1) is 0 Å². The van der Waals surface area contributed by atoms with E-state index in [1.165, 1.54) is 6.92 Å². The molecule has 1 heterocycles. The molecule has 0 amide bonds. The van der Waals surface area contributed by atoms with Gasteiger partial charge in [0.2, 0.25) is 0 Å². The van der Waals surface area contributed by atoms with Gasteiger partial charge in [-0.05, 0) is 17.7 Å². The van der Waals surface area contributed by atoms with Crippen molar-refractivity contribution in [2.75, 3.05) is 5.75 Å². The molecule has 0 aliphatic carbocycles. The van der Waals surface area contributed by atoms with Crippen LogP contribution in [0.15, 0.2) is 23.0 Å². The third-order valence-electron chi connectivity index (χ3n) is 2.70. The van der Waals surface area contributed by atoms with Crippen molar-refractivity contribution in [2.45, 2.75) is 19.1 Å². The summed E-state index contributed by atoms with van der Waals surface area (Å²) in [7, 11) is 0. The van der Waals surface area contributed by atoms with Crippen molar-refractivity contribution in [2.24, 2.45) is 0 Å². The molecule has 2 aromatic rings. The Morgan fingerprint density at radius 3 is 2.68 bits per heavy atom. The van der Waals surface area contributed by atoms with Gasteiger partial charge in [0, 0.05) is 12.7 Å². The monoisotopic (exact) mass is 282 g/mol. The van der Waals surface area contributed by atoms with Crippen LogP contribution in [0.2, 0.25) is 0 Å². The summed E-state index contributed by atoms with van der Waals surface area (Å²) in [4.78, 5) is 27.1. The lowest BCUT2D eigenvalue weighted by atomic mass is 10.0. The Morgan fingerprint density at radius 1 is 1.32 bits per heavy atom. The van der Waals surface area contributed by atoms with Crippen molar-refractivity contribution in [3.8, 4) is 0 Å². The Kier molecular flexibility index (Phi) is 4.08. The molecule has 0 radical (unpaired) electrons. The third-order valence-corrected chi connectivity index (χ3v) is 3.62. The fourth-order valence-electron chi connectivity index (χ4n) is 1.75. The molecule has 102 valence electrons. The number of benzene rings is 1. The largest absolute Gasteiger partial charge is 0.389 e. The average molecular weight is 282 g/mol. The van der Waals surface area contributed by atoms with Crippen molar-refractivity contribution < 1.29 is 15.0 Å². The molecule has 0 bridgehead atoms. The quantitative estimate of drug-likeness (QED) is 0.654. The Labute approximate surface area is 112 Å². The number of fused-ring (bicyclic) bond motifs is 1. The van der Waals surface area contributed by atoms with E-state index in [1.54, 1.807) is 18.2 Å². The highest BCUT2D eigenvalue weighted by Gasteiger charge is 2.19. The number of nitrogens with one attached hydrogen (secondary N) is 2. The lowest BCUT2D eigenvalue weighted by molar-refractivity contribution is -0.109. The lowest BCUT2D eigenvalue weighted by Gasteiger charge is -2.17. The van der Waals surface area contributed by atoms with Crippen LogP contribution in [0.5, 0.6) is 0 Å². The van der Waals surface area contributed by atoms with E-state index in [1.807, 2.05) is 0 Å². The summed E-state index contributed by atoms with van der Waals surface area (Å²) in [5, 5.41) is 19.7. The lowest BCUT2D eigenvalue weighted by Crippen LogP contribution is -2.21. The van der Waals surface area contributed by atoms with Gasteiger partial charge in [0.15, 0.2) is 5.12 Å². The number of aromatic amines is 2. The minimum atomic E-state index is -1.10. The first kappa shape index (κ1) is 13.9. The summed E-state index contributed by atoms with van der Waals surface area (Å²) in [5.41, 5.74) is 1.36. The first-order chi connectivity index (χ1) is 8.97. The second kappa shape index (κ2) is 5.60. The molecule has 2 atom stereocenters. The number of aromatic nitrogens is 2. The van der Waals surface area contributed by atoms with E-state index in [4.69, 9.17) is 0 Å². The predicted molar refractivity (Wildman–Crippen MR) is 73.0 cm³/mol. The molecular formula is C12H14N2O4S. The summed E-state index contributed by atoms with van der Waals surface area (Å²) in [6.45, 7) is 1.40.